The molecule has 2 aliphatic heterocycles. The average molecular weight is 350 g/mol. The summed E-state index contributed by atoms with van der Waals surface area (Å²) >= 11 is 1.76. The number of ether oxygens (including phenoxy) is 1. The highest BCUT2D eigenvalue weighted by molar-refractivity contribution is 7.10. The highest BCUT2D eigenvalue weighted by Crippen LogP contribution is 2.25. The van der Waals surface area contributed by atoms with Gasteiger partial charge in [0.2, 0.25) is 11.8 Å². The largest absolute Gasteiger partial charge is 0.368 e. The van der Waals surface area contributed by atoms with Gasteiger partial charge in [-0.2, -0.15) is 0 Å². The molecule has 132 valence electrons. The molecule has 0 aromatic carbocycles. The Morgan fingerprint density at radius 1 is 1.50 bits per heavy atom. The molecule has 1 aromatic rings. The molecule has 6 heteroatoms. The van der Waals surface area contributed by atoms with E-state index in [1.54, 1.807) is 11.3 Å². The summed E-state index contributed by atoms with van der Waals surface area (Å²) in [7, 11) is 0. The quantitative estimate of drug-likeness (QED) is 0.887. The minimum atomic E-state index is -0.445. The zero-order chi connectivity index (χ0) is 17.1. The first-order chi connectivity index (χ1) is 11.6. The van der Waals surface area contributed by atoms with Crippen LogP contribution in [0.5, 0.6) is 0 Å². The van der Waals surface area contributed by atoms with Crippen LogP contribution < -0.4 is 5.32 Å². The fourth-order valence-electron chi connectivity index (χ4n) is 3.49. The molecule has 2 amide bonds. The van der Waals surface area contributed by atoms with Gasteiger partial charge in [-0.1, -0.05) is 20.3 Å². The summed E-state index contributed by atoms with van der Waals surface area (Å²) < 4.78 is 5.53. The minimum Gasteiger partial charge on any atom is -0.368 e. The van der Waals surface area contributed by atoms with Crippen LogP contribution in [0.3, 0.4) is 0 Å². The van der Waals surface area contributed by atoms with Crippen LogP contribution in [-0.2, 0) is 27.3 Å². The molecule has 1 saturated heterocycles. The fraction of sp³-hybridized carbons (Fsp3) is 0.667. The lowest BCUT2D eigenvalue weighted by atomic mass is 10.0. The number of carbonyl (C=O) groups excluding carboxylic acids is 2. The average Bonchev–Trinajstić information content (AvgIpc) is 3.21. The van der Waals surface area contributed by atoms with Gasteiger partial charge < -0.3 is 15.0 Å². The van der Waals surface area contributed by atoms with Crippen molar-refractivity contribution in [1.82, 2.24) is 10.2 Å². The summed E-state index contributed by atoms with van der Waals surface area (Å²) in [6, 6.07) is 1.65. The van der Waals surface area contributed by atoms with E-state index in [4.69, 9.17) is 4.74 Å². The Bertz CT molecular complexity index is 601. The van der Waals surface area contributed by atoms with E-state index in [2.05, 4.69) is 16.8 Å². The van der Waals surface area contributed by atoms with E-state index in [1.807, 2.05) is 18.7 Å². The van der Waals surface area contributed by atoms with Gasteiger partial charge in [-0.3, -0.25) is 9.59 Å². The molecule has 24 heavy (non-hydrogen) atoms. The zero-order valence-corrected chi connectivity index (χ0v) is 15.2. The smallest absolute Gasteiger partial charge is 0.250 e. The van der Waals surface area contributed by atoms with E-state index in [1.165, 1.54) is 10.4 Å². The van der Waals surface area contributed by atoms with Crippen molar-refractivity contribution >= 4 is 23.2 Å². The number of fused-ring (bicyclic) bond motifs is 1. The molecule has 3 atom stereocenters. The first-order valence-electron chi connectivity index (χ1n) is 8.86. The number of hydrogen-bond donors (Lipinski definition) is 1. The van der Waals surface area contributed by atoms with Crippen molar-refractivity contribution in [3.05, 3.63) is 21.9 Å². The Morgan fingerprint density at radius 2 is 2.33 bits per heavy atom. The van der Waals surface area contributed by atoms with Crippen molar-refractivity contribution in [2.75, 3.05) is 13.2 Å². The van der Waals surface area contributed by atoms with Crippen LogP contribution in [0.1, 0.15) is 43.6 Å². The molecule has 5 nitrogen and oxygen atoms in total. The summed E-state index contributed by atoms with van der Waals surface area (Å²) in [5, 5.41) is 5.04. The van der Waals surface area contributed by atoms with Gasteiger partial charge in [-0.05, 0) is 42.2 Å². The fourth-order valence-corrected chi connectivity index (χ4v) is 4.38. The van der Waals surface area contributed by atoms with Gasteiger partial charge in [0.25, 0.3) is 0 Å². The summed E-state index contributed by atoms with van der Waals surface area (Å²) in [5.74, 6) is 0.110. The lowest BCUT2D eigenvalue weighted by Crippen LogP contribution is -2.52. The molecule has 0 aliphatic carbocycles. The molecule has 2 aliphatic rings. The molecule has 0 unspecified atom stereocenters. The van der Waals surface area contributed by atoms with Gasteiger partial charge in [-0.15, -0.1) is 11.3 Å². The van der Waals surface area contributed by atoms with Gasteiger partial charge in [-0.25, -0.2) is 0 Å². The number of carbonyl (C=O) groups is 2. The lowest BCUT2D eigenvalue weighted by molar-refractivity contribution is -0.140. The maximum atomic E-state index is 12.9. The van der Waals surface area contributed by atoms with Crippen LogP contribution in [-0.4, -0.2) is 42.0 Å². The highest BCUT2D eigenvalue weighted by Gasteiger charge is 2.34. The molecule has 3 rings (SSSR count). The standard InChI is InChI=1S/C18H26N2O3S/c1-3-4-14(19-17(21)16-12(2)6-9-23-16)18(22)20-8-5-15-13(11-20)7-10-24-15/h7,10,12,14,16H,3-6,8-9,11H2,1-2H3,(H,19,21)/t12-,14-,16-/m0/s1. The molecule has 0 saturated carbocycles. The van der Waals surface area contributed by atoms with Gasteiger partial charge in [0.05, 0.1) is 0 Å². The van der Waals surface area contributed by atoms with Crippen molar-refractivity contribution in [3.63, 3.8) is 0 Å². The maximum absolute atomic E-state index is 12.9. The first-order valence-corrected chi connectivity index (χ1v) is 9.74. The topological polar surface area (TPSA) is 58.6 Å². The Balaban J connectivity index is 1.64. The summed E-state index contributed by atoms with van der Waals surface area (Å²) in [6.45, 7) is 6.08. The summed E-state index contributed by atoms with van der Waals surface area (Å²) in [4.78, 5) is 28.7. The van der Waals surface area contributed by atoms with Crippen LogP contribution >= 0.6 is 11.3 Å². The molecular formula is C18H26N2O3S. The predicted octanol–water partition coefficient (Wildman–Crippen LogP) is 2.34. The van der Waals surface area contributed by atoms with Crippen molar-refractivity contribution in [1.29, 1.82) is 0 Å². The lowest BCUT2D eigenvalue weighted by Gasteiger charge is -2.31. The predicted molar refractivity (Wildman–Crippen MR) is 93.8 cm³/mol. The Hall–Kier alpha value is -1.40. The van der Waals surface area contributed by atoms with E-state index < -0.39 is 12.1 Å². The minimum absolute atomic E-state index is 0.0349. The summed E-state index contributed by atoms with van der Waals surface area (Å²) in [6.07, 6.45) is 2.92. The zero-order valence-electron chi connectivity index (χ0n) is 14.4. The van der Waals surface area contributed by atoms with Crippen molar-refractivity contribution < 1.29 is 14.3 Å². The molecule has 1 fully saturated rings. The number of nitrogens with one attached hydrogen (secondary N) is 1. The normalized spacial score (nSPS) is 24.5. The van der Waals surface area contributed by atoms with E-state index in [0.29, 0.717) is 19.6 Å². The molecule has 0 bridgehead atoms. The second-order valence-electron chi connectivity index (χ2n) is 6.79. The van der Waals surface area contributed by atoms with Crippen molar-refractivity contribution in [2.24, 2.45) is 5.92 Å². The van der Waals surface area contributed by atoms with Crippen LogP contribution in [0.15, 0.2) is 11.4 Å². The second kappa shape index (κ2) is 7.66. The third-order valence-electron chi connectivity index (χ3n) is 4.96. The highest BCUT2D eigenvalue weighted by atomic mass is 32.1. The molecule has 0 radical (unpaired) electrons. The van der Waals surface area contributed by atoms with Crippen LogP contribution in [0.4, 0.5) is 0 Å². The van der Waals surface area contributed by atoms with Gasteiger partial charge in [0.1, 0.15) is 12.1 Å². The number of rotatable bonds is 5. The van der Waals surface area contributed by atoms with Crippen LogP contribution in [0.2, 0.25) is 0 Å². The third kappa shape index (κ3) is 3.64. The molecule has 1 N–H and O–H groups in total. The number of nitrogens with zero attached hydrogens (tertiary/aromatic N) is 1. The monoisotopic (exact) mass is 350 g/mol. The molecular weight excluding hydrogens is 324 g/mol. The van der Waals surface area contributed by atoms with Crippen molar-refractivity contribution in [2.45, 2.75) is 58.2 Å². The Kier molecular flexibility index (Phi) is 5.56. The summed E-state index contributed by atoms with van der Waals surface area (Å²) in [5.41, 5.74) is 1.24. The van der Waals surface area contributed by atoms with Gasteiger partial charge >= 0.3 is 0 Å². The maximum Gasteiger partial charge on any atom is 0.250 e. The SMILES string of the molecule is CCC[C@H](NC(=O)[C@H]1OCC[C@@H]1C)C(=O)N1CCc2sccc2C1. The number of hydrogen-bond acceptors (Lipinski definition) is 4. The molecule has 0 spiro atoms. The number of thiophene rings is 1. The third-order valence-corrected chi connectivity index (χ3v) is 5.98. The van der Waals surface area contributed by atoms with Gasteiger partial charge in [0.15, 0.2) is 0 Å². The van der Waals surface area contributed by atoms with E-state index in [9.17, 15) is 9.59 Å². The van der Waals surface area contributed by atoms with Crippen LogP contribution in [0.25, 0.3) is 0 Å². The van der Waals surface area contributed by atoms with Gasteiger partial charge in [0, 0.05) is 24.6 Å². The molecule has 3 heterocycles. The molecule has 1 aromatic heterocycles. The number of amides is 2. The van der Waals surface area contributed by atoms with E-state index >= 15 is 0 Å². The van der Waals surface area contributed by atoms with E-state index in [-0.39, 0.29) is 17.7 Å². The van der Waals surface area contributed by atoms with E-state index in [0.717, 1.165) is 25.8 Å². The second-order valence-corrected chi connectivity index (χ2v) is 7.79. The first kappa shape index (κ1) is 17.4. The Labute approximate surface area is 147 Å². The van der Waals surface area contributed by atoms with Crippen molar-refractivity contribution in [3.8, 4) is 0 Å². The van der Waals surface area contributed by atoms with Crippen LogP contribution in [0, 0.1) is 5.92 Å². The Morgan fingerprint density at radius 3 is 3.04 bits per heavy atom.